The van der Waals surface area contributed by atoms with E-state index >= 15 is 0 Å². The molecule has 0 fully saturated rings. The Morgan fingerprint density at radius 3 is 2.53 bits per heavy atom. The fourth-order valence-corrected chi connectivity index (χ4v) is 1.97. The Morgan fingerprint density at radius 1 is 1.41 bits per heavy atom. The van der Waals surface area contributed by atoms with Crippen molar-refractivity contribution in [3.05, 3.63) is 27.2 Å². The fourth-order valence-electron chi connectivity index (χ4n) is 1.39. The fraction of sp³-hybridized carbons (Fsp3) is 0.417. The predicted octanol–water partition coefficient (Wildman–Crippen LogP) is 4.25. The number of nitrogens with zero attached hydrogens (tertiary/aromatic N) is 1. The van der Waals surface area contributed by atoms with Crippen LogP contribution < -0.4 is 4.74 Å². The van der Waals surface area contributed by atoms with E-state index in [1.54, 1.807) is 17.0 Å². The maximum absolute atomic E-state index is 11.8. The zero-order valence-electron chi connectivity index (χ0n) is 10.1. The van der Waals surface area contributed by atoms with E-state index < -0.39 is 0 Å². The second-order valence-corrected chi connectivity index (χ2v) is 4.76. The van der Waals surface area contributed by atoms with Gasteiger partial charge in [0.1, 0.15) is 5.75 Å². The maximum Gasteiger partial charge on any atom is 0.415 e. The third kappa shape index (κ3) is 3.36. The lowest BCUT2D eigenvalue weighted by Gasteiger charge is -2.19. The zero-order chi connectivity index (χ0) is 13.0. The highest BCUT2D eigenvalue weighted by Gasteiger charge is 2.15. The second kappa shape index (κ2) is 6.26. The van der Waals surface area contributed by atoms with Gasteiger partial charge in [-0.2, -0.15) is 0 Å². The number of hydrogen-bond donors (Lipinski definition) is 0. The van der Waals surface area contributed by atoms with Crippen molar-refractivity contribution in [2.45, 2.75) is 20.8 Å². The van der Waals surface area contributed by atoms with E-state index in [2.05, 4.69) is 15.9 Å². The summed E-state index contributed by atoms with van der Waals surface area (Å²) in [5.74, 6) is 0.495. The van der Waals surface area contributed by atoms with Crippen molar-refractivity contribution in [2.75, 3.05) is 13.1 Å². The van der Waals surface area contributed by atoms with E-state index in [0.29, 0.717) is 23.9 Å². The quantitative estimate of drug-likeness (QED) is 0.833. The molecule has 0 saturated carbocycles. The molecule has 3 nitrogen and oxygen atoms in total. The maximum atomic E-state index is 11.8. The van der Waals surface area contributed by atoms with Crippen molar-refractivity contribution in [3.8, 4) is 5.75 Å². The van der Waals surface area contributed by atoms with Gasteiger partial charge in [0, 0.05) is 23.1 Å². The summed E-state index contributed by atoms with van der Waals surface area (Å²) in [6.45, 7) is 6.88. The molecule has 0 N–H and O–H groups in total. The van der Waals surface area contributed by atoms with Crippen molar-refractivity contribution >= 4 is 33.6 Å². The highest BCUT2D eigenvalue weighted by atomic mass is 79.9. The van der Waals surface area contributed by atoms with Gasteiger partial charge < -0.3 is 9.64 Å². The molecule has 0 saturated heterocycles. The summed E-state index contributed by atoms with van der Waals surface area (Å²) >= 11 is 9.38. The predicted molar refractivity (Wildman–Crippen MR) is 72.8 cm³/mol. The highest BCUT2D eigenvalue weighted by Crippen LogP contribution is 2.32. The molecule has 5 heteroatoms. The first kappa shape index (κ1) is 14.3. The molecule has 0 unspecified atom stereocenters. The molecule has 17 heavy (non-hydrogen) atoms. The Bertz CT molecular complexity index is 419. The molecule has 0 aliphatic heterocycles. The van der Waals surface area contributed by atoms with Crippen molar-refractivity contribution < 1.29 is 9.53 Å². The number of benzene rings is 1. The van der Waals surface area contributed by atoms with Gasteiger partial charge in [0.15, 0.2) is 0 Å². The zero-order valence-corrected chi connectivity index (χ0v) is 12.4. The van der Waals surface area contributed by atoms with Crippen LogP contribution in [0.2, 0.25) is 5.02 Å². The van der Waals surface area contributed by atoms with Crippen LogP contribution in [0.3, 0.4) is 0 Å². The van der Waals surface area contributed by atoms with Crippen LogP contribution >= 0.6 is 27.5 Å². The molecule has 1 amide bonds. The van der Waals surface area contributed by atoms with Crippen LogP contribution in [0.15, 0.2) is 16.6 Å². The highest BCUT2D eigenvalue weighted by molar-refractivity contribution is 9.10. The molecule has 0 aromatic heterocycles. The summed E-state index contributed by atoms with van der Waals surface area (Å²) in [5.41, 5.74) is 0.751. The Kier molecular flexibility index (Phi) is 5.28. The standard InChI is InChI=1S/C12H15BrClNO2/c1-4-15(5-2)12(16)17-10-7-6-9(13)11(14)8(10)3/h6-7H,4-5H2,1-3H3. The van der Waals surface area contributed by atoms with Crippen LogP contribution in [-0.4, -0.2) is 24.1 Å². The molecule has 1 aromatic rings. The summed E-state index contributed by atoms with van der Waals surface area (Å²) in [6.07, 6.45) is -0.350. The van der Waals surface area contributed by atoms with Crippen LogP contribution in [0.5, 0.6) is 5.75 Å². The molecule has 0 atom stereocenters. The summed E-state index contributed by atoms with van der Waals surface area (Å²) < 4.78 is 6.10. The molecular weight excluding hydrogens is 305 g/mol. The molecule has 0 radical (unpaired) electrons. The molecule has 0 bridgehead atoms. The smallest absolute Gasteiger partial charge is 0.410 e. The van der Waals surface area contributed by atoms with Crippen molar-refractivity contribution in [2.24, 2.45) is 0 Å². The Morgan fingerprint density at radius 2 is 2.00 bits per heavy atom. The molecule has 0 spiro atoms. The largest absolute Gasteiger partial charge is 0.415 e. The first-order valence-electron chi connectivity index (χ1n) is 5.42. The average molecular weight is 321 g/mol. The Labute approximate surface area is 115 Å². The van der Waals surface area contributed by atoms with Crippen LogP contribution in [0, 0.1) is 6.92 Å². The lowest BCUT2D eigenvalue weighted by atomic mass is 10.2. The van der Waals surface area contributed by atoms with E-state index in [1.807, 2.05) is 20.8 Å². The molecule has 0 aliphatic carbocycles. The minimum absolute atomic E-state index is 0.350. The number of carbonyl (C=O) groups excluding carboxylic acids is 1. The Balaban J connectivity index is 2.89. The van der Waals surface area contributed by atoms with Gasteiger partial charge in [0.05, 0.1) is 5.02 Å². The second-order valence-electron chi connectivity index (χ2n) is 3.52. The van der Waals surface area contributed by atoms with Crippen molar-refractivity contribution in [1.82, 2.24) is 4.90 Å². The van der Waals surface area contributed by atoms with Gasteiger partial charge in [0.2, 0.25) is 0 Å². The van der Waals surface area contributed by atoms with Gasteiger partial charge in [-0.3, -0.25) is 0 Å². The third-order valence-corrected chi connectivity index (χ3v) is 3.88. The molecular formula is C12H15BrClNO2. The van der Waals surface area contributed by atoms with Gasteiger partial charge in [-0.15, -0.1) is 0 Å². The summed E-state index contributed by atoms with van der Waals surface area (Å²) in [7, 11) is 0. The summed E-state index contributed by atoms with van der Waals surface area (Å²) in [5, 5.41) is 0.565. The van der Waals surface area contributed by atoms with Crippen LogP contribution in [0.1, 0.15) is 19.4 Å². The van der Waals surface area contributed by atoms with Gasteiger partial charge in [-0.25, -0.2) is 4.79 Å². The Hall–Kier alpha value is -0.740. The first-order valence-corrected chi connectivity index (χ1v) is 6.59. The minimum atomic E-state index is -0.350. The minimum Gasteiger partial charge on any atom is -0.410 e. The van der Waals surface area contributed by atoms with Gasteiger partial charge in [0.25, 0.3) is 0 Å². The first-order chi connectivity index (χ1) is 8.01. The number of halogens is 2. The molecule has 1 aromatic carbocycles. The van der Waals surface area contributed by atoms with Crippen molar-refractivity contribution in [1.29, 1.82) is 0 Å². The van der Waals surface area contributed by atoms with E-state index in [-0.39, 0.29) is 6.09 Å². The van der Waals surface area contributed by atoms with Gasteiger partial charge in [-0.1, -0.05) is 11.6 Å². The summed E-state index contributed by atoms with van der Waals surface area (Å²) in [4.78, 5) is 13.4. The normalized spacial score (nSPS) is 10.2. The number of amides is 1. The van der Waals surface area contributed by atoms with Crippen molar-refractivity contribution in [3.63, 3.8) is 0 Å². The van der Waals surface area contributed by atoms with E-state index in [9.17, 15) is 4.79 Å². The molecule has 0 heterocycles. The van der Waals surface area contributed by atoms with Gasteiger partial charge >= 0.3 is 6.09 Å². The van der Waals surface area contributed by atoms with Crippen LogP contribution in [-0.2, 0) is 0 Å². The van der Waals surface area contributed by atoms with Crippen LogP contribution in [0.25, 0.3) is 0 Å². The van der Waals surface area contributed by atoms with E-state index in [4.69, 9.17) is 16.3 Å². The number of ether oxygens (including phenoxy) is 1. The lowest BCUT2D eigenvalue weighted by Crippen LogP contribution is -2.33. The topological polar surface area (TPSA) is 29.5 Å². The monoisotopic (exact) mass is 319 g/mol. The molecule has 0 aliphatic rings. The third-order valence-electron chi connectivity index (χ3n) is 2.51. The SMILES string of the molecule is CCN(CC)C(=O)Oc1ccc(Br)c(Cl)c1C. The van der Waals surface area contributed by atoms with E-state index in [0.717, 1.165) is 10.0 Å². The van der Waals surface area contributed by atoms with Crippen LogP contribution in [0.4, 0.5) is 4.79 Å². The summed E-state index contributed by atoms with van der Waals surface area (Å²) in [6, 6.07) is 3.49. The number of rotatable bonds is 3. The number of carbonyl (C=O) groups is 1. The molecule has 94 valence electrons. The van der Waals surface area contributed by atoms with Gasteiger partial charge in [-0.05, 0) is 48.8 Å². The average Bonchev–Trinajstić information content (AvgIpc) is 2.31. The number of hydrogen-bond acceptors (Lipinski definition) is 2. The molecule has 1 rings (SSSR count). The van der Waals surface area contributed by atoms with E-state index in [1.165, 1.54) is 0 Å². The lowest BCUT2D eigenvalue weighted by molar-refractivity contribution is 0.157.